The molecule has 0 spiro atoms. The maximum Gasteiger partial charge on any atom is 0.243 e. The lowest BCUT2D eigenvalue weighted by atomic mass is 10.3. The molecule has 0 radical (unpaired) electrons. The number of nitrogens with zero attached hydrogens (tertiary/aromatic N) is 3. The Balaban J connectivity index is 1.85. The third kappa shape index (κ3) is 2.62. The van der Waals surface area contributed by atoms with Gasteiger partial charge in [0, 0.05) is 18.3 Å². The van der Waals surface area contributed by atoms with Crippen molar-refractivity contribution in [2.75, 3.05) is 12.3 Å². The number of nitrogens with two attached hydrogens (primary N) is 1. The summed E-state index contributed by atoms with van der Waals surface area (Å²) in [6, 6.07) is 6.39. The Morgan fingerprint density at radius 1 is 1.27 bits per heavy atom. The Morgan fingerprint density at radius 3 is 2.68 bits per heavy atom. The molecule has 0 atom stereocenters. The van der Waals surface area contributed by atoms with E-state index in [9.17, 15) is 8.42 Å². The minimum Gasteiger partial charge on any atom is -0.494 e. The van der Waals surface area contributed by atoms with Crippen LogP contribution in [0, 0.1) is 0 Å². The van der Waals surface area contributed by atoms with Crippen molar-refractivity contribution < 1.29 is 13.2 Å². The van der Waals surface area contributed by atoms with Crippen LogP contribution < -0.4 is 10.5 Å². The second-order valence-corrected chi connectivity index (χ2v) is 6.82. The average molecular weight is 320 g/mol. The van der Waals surface area contributed by atoms with E-state index in [0.29, 0.717) is 18.1 Å². The number of sulfonamides is 1. The van der Waals surface area contributed by atoms with E-state index < -0.39 is 10.0 Å². The van der Waals surface area contributed by atoms with Crippen LogP contribution in [0.25, 0.3) is 0 Å². The van der Waals surface area contributed by atoms with Crippen LogP contribution in [0.4, 0.5) is 5.95 Å². The van der Waals surface area contributed by atoms with Crippen LogP contribution in [-0.4, -0.2) is 29.3 Å². The zero-order chi connectivity index (χ0) is 15.7. The predicted octanol–water partition coefficient (Wildman–Crippen LogP) is 1.16. The molecule has 1 aromatic carbocycles. The van der Waals surface area contributed by atoms with Crippen LogP contribution in [0.15, 0.2) is 35.4 Å². The molecule has 0 amide bonds. The molecule has 0 aliphatic carbocycles. The second kappa shape index (κ2) is 5.54. The van der Waals surface area contributed by atoms with Crippen molar-refractivity contribution in [2.24, 2.45) is 0 Å². The van der Waals surface area contributed by atoms with Gasteiger partial charge in [0.15, 0.2) is 0 Å². The first-order valence-corrected chi connectivity index (χ1v) is 8.28. The molecule has 2 aromatic rings. The predicted molar refractivity (Wildman–Crippen MR) is 80.5 cm³/mol. The van der Waals surface area contributed by atoms with Gasteiger partial charge in [-0.1, -0.05) is 0 Å². The van der Waals surface area contributed by atoms with E-state index in [2.05, 4.69) is 9.97 Å². The standard InChI is InChI=1S/C14H16N4O3S/c1-2-21-11-3-5-12(6-4-11)22(19,20)18-8-10-7-16-14(15)17-13(10)9-18/h3-7H,2,8-9H2,1H3,(H2,15,16,17). The highest BCUT2D eigenvalue weighted by Gasteiger charge is 2.31. The first-order valence-electron chi connectivity index (χ1n) is 6.84. The van der Waals surface area contributed by atoms with E-state index in [-0.39, 0.29) is 23.9 Å². The number of anilines is 1. The fraction of sp³-hybridized carbons (Fsp3) is 0.286. The summed E-state index contributed by atoms with van der Waals surface area (Å²) in [4.78, 5) is 8.22. The SMILES string of the molecule is CCOc1ccc(S(=O)(=O)N2Cc3cnc(N)nc3C2)cc1. The van der Waals surface area contributed by atoms with Gasteiger partial charge in [-0.25, -0.2) is 18.4 Å². The molecule has 8 heteroatoms. The molecule has 3 rings (SSSR count). The Morgan fingerprint density at radius 2 is 2.00 bits per heavy atom. The van der Waals surface area contributed by atoms with Crippen molar-refractivity contribution in [3.63, 3.8) is 0 Å². The normalized spacial score (nSPS) is 14.8. The first kappa shape index (κ1) is 14.7. The fourth-order valence-corrected chi connectivity index (χ4v) is 3.71. The maximum atomic E-state index is 12.7. The number of hydrogen-bond donors (Lipinski definition) is 1. The van der Waals surface area contributed by atoms with Crippen molar-refractivity contribution in [2.45, 2.75) is 24.9 Å². The van der Waals surface area contributed by atoms with E-state index in [4.69, 9.17) is 10.5 Å². The molecule has 1 aliphatic rings. The molecule has 0 saturated carbocycles. The van der Waals surface area contributed by atoms with Gasteiger partial charge in [0.25, 0.3) is 0 Å². The van der Waals surface area contributed by atoms with E-state index in [0.717, 1.165) is 5.56 Å². The number of benzene rings is 1. The number of hydrogen-bond acceptors (Lipinski definition) is 6. The van der Waals surface area contributed by atoms with E-state index in [1.54, 1.807) is 30.5 Å². The van der Waals surface area contributed by atoms with Gasteiger partial charge in [-0.15, -0.1) is 0 Å². The molecule has 116 valence electrons. The lowest BCUT2D eigenvalue weighted by Gasteiger charge is -2.15. The summed E-state index contributed by atoms with van der Waals surface area (Å²) in [6.45, 7) is 2.87. The number of nitrogen functional groups attached to an aromatic ring is 1. The number of ether oxygens (including phenoxy) is 1. The van der Waals surface area contributed by atoms with Crippen LogP contribution in [0.1, 0.15) is 18.2 Å². The largest absolute Gasteiger partial charge is 0.494 e. The highest BCUT2D eigenvalue weighted by molar-refractivity contribution is 7.89. The molecular formula is C14H16N4O3S. The topological polar surface area (TPSA) is 98.4 Å². The Labute approximate surface area is 128 Å². The summed E-state index contributed by atoms with van der Waals surface area (Å²) in [5.41, 5.74) is 6.97. The lowest BCUT2D eigenvalue weighted by molar-refractivity contribution is 0.340. The quantitative estimate of drug-likeness (QED) is 0.907. The molecule has 7 nitrogen and oxygen atoms in total. The van der Waals surface area contributed by atoms with Crippen molar-refractivity contribution in [1.82, 2.24) is 14.3 Å². The van der Waals surface area contributed by atoms with Gasteiger partial charge >= 0.3 is 0 Å². The molecule has 2 heterocycles. The Kier molecular flexibility index (Phi) is 3.71. The second-order valence-electron chi connectivity index (χ2n) is 4.88. The first-order chi connectivity index (χ1) is 10.5. The van der Waals surface area contributed by atoms with Crippen molar-refractivity contribution in [3.8, 4) is 5.75 Å². The van der Waals surface area contributed by atoms with E-state index in [1.165, 1.54) is 4.31 Å². The van der Waals surface area contributed by atoms with Crippen molar-refractivity contribution >= 4 is 16.0 Å². The van der Waals surface area contributed by atoms with Gasteiger partial charge in [0.1, 0.15) is 5.75 Å². The summed E-state index contributed by atoms with van der Waals surface area (Å²) in [6.07, 6.45) is 1.57. The zero-order valence-corrected chi connectivity index (χ0v) is 12.9. The van der Waals surface area contributed by atoms with Crippen LogP contribution >= 0.6 is 0 Å². The fourth-order valence-electron chi connectivity index (χ4n) is 2.33. The van der Waals surface area contributed by atoms with E-state index >= 15 is 0 Å². The van der Waals surface area contributed by atoms with Gasteiger partial charge < -0.3 is 10.5 Å². The molecule has 22 heavy (non-hydrogen) atoms. The minimum atomic E-state index is -3.58. The van der Waals surface area contributed by atoms with Crippen molar-refractivity contribution in [3.05, 3.63) is 41.7 Å². The summed E-state index contributed by atoms with van der Waals surface area (Å²) >= 11 is 0. The molecule has 0 unspecified atom stereocenters. The number of fused-ring (bicyclic) bond motifs is 1. The highest BCUT2D eigenvalue weighted by Crippen LogP contribution is 2.28. The maximum absolute atomic E-state index is 12.7. The number of aromatic nitrogens is 2. The van der Waals surface area contributed by atoms with Crippen molar-refractivity contribution in [1.29, 1.82) is 0 Å². The van der Waals surface area contributed by atoms with Crippen LogP contribution in [0.5, 0.6) is 5.75 Å². The minimum absolute atomic E-state index is 0.152. The van der Waals surface area contributed by atoms with Gasteiger partial charge in [-0.2, -0.15) is 4.31 Å². The summed E-state index contributed by atoms with van der Waals surface area (Å²) in [5, 5.41) is 0. The summed E-state index contributed by atoms with van der Waals surface area (Å²) in [7, 11) is -3.58. The number of rotatable bonds is 4. The van der Waals surface area contributed by atoms with Crippen LogP contribution in [-0.2, 0) is 23.1 Å². The summed E-state index contributed by atoms with van der Waals surface area (Å²) < 4.78 is 32.0. The average Bonchev–Trinajstić information content (AvgIpc) is 2.92. The Hall–Kier alpha value is -2.19. The smallest absolute Gasteiger partial charge is 0.243 e. The zero-order valence-electron chi connectivity index (χ0n) is 12.1. The molecule has 0 bridgehead atoms. The monoisotopic (exact) mass is 320 g/mol. The van der Waals surface area contributed by atoms with Crippen LogP contribution in [0.3, 0.4) is 0 Å². The third-order valence-corrected chi connectivity index (χ3v) is 5.22. The summed E-state index contributed by atoms with van der Waals surface area (Å²) in [5.74, 6) is 0.795. The third-order valence-electron chi connectivity index (χ3n) is 3.42. The van der Waals surface area contributed by atoms with E-state index in [1.807, 2.05) is 6.92 Å². The van der Waals surface area contributed by atoms with Gasteiger partial charge in [-0.3, -0.25) is 0 Å². The van der Waals surface area contributed by atoms with Crippen LogP contribution in [0.2, 0.25) is 0 Å². The van der Waals surface area contributed by atoms with Gasteiger partial charge in [0.2, 0.25) is 16.0 Å². The lowest BCUT2D eigenvalue weighted by Crippen LogP contribution is -2.25. The molecule has 1 aromatic heterocycles. The molecule has 0 saturated heterocycles. The molecule has 0 fully saturated rings. The highest BCUT2D eigenvalue weighted by atomic mass is 32.2. The molecule has 1 aliphatic heterocycles. The van der Waals surface area contributed by atoms with Gasteiger partial charge in [-0.05, 0) is 31.2 Å². The van der Waals surface area contributed by atoms with Gasteiger partial charge in [0.05, 0.1) is 23.7 Å². The molecule has 2 N–H and O–H groups in total. The molecular weight excluding hydrogens is 304 g/mol. The Bertz CT molecular complexity index is 790.